The number of aliphatic hydroxyl groups excluding tert-OH is 1. The quantitative estimate of drug-likeness (QED) is 0.627. The highest BCUT2D eigenvalue weighted by molar-refractivity contribution is 4.84. The van der Waals surface area contributed by atoms with E-state index in [9.17, 15) is 5.11 Å². The van der Waals surface area contributed by atoms with Gasteiger partial charge in [-0.2, -0.15) is 0 Å². The Morgan fingerprint density at radius 3 is 2.50 bits per heavy atom. The van der Waals surface area contributed by atoms with Crippen molar-refractivity contribution in [2.45, 2.75) is 45.3 Å². The third-order valence-corrected chi connectivity index (χ3v) is 3.35. The number of hydrogen-bond donors (Lipinski definition) is 3. The van der Waals surface area contributed by atoms with Crippen molar-refractivity contribution in [1.82, 2.24) is 10.6 Å². The Morgan fingerprint density at radius 2 is 2.00 bits per heavy atom. The zero-order valence-corrected chi connectivity index (χ0v) is 9.64. The molecule has 3 N–H and O–H groups in total. The van der Waals surface area contributed by atoms with Crippen LogP contribution >= 0.6 is 0 Å². The lowest BCUT2D eigenvalue weighted by atomic mass is 9.94. The van der Waals surface area contributed by atoms with E-state index in [1.807, 2.05) is 6.92 Å². The molecular weight excluding hydrogens is 176 g/mol. The van der Waals surface area contributed by atoms with Crippen molar-refractivity contribution in [2.24, 2.45) is 5.92 Å². The van der Waals surface area contributed by atoms with Crippen molar-refractivity contribution in [3.05, 3.63) is 0 Å². The maximum Gasteiger partial charge on any atom is 0.0688 e. The molecule has 0 aromatic heterocycles. The summed E-state index contributed by atoms with van der Waals surface area (Å²) in [5.41, 5.74) is -0.162. The molecule has 0 bridgehead atoms. The molecule has 0 aliphatic carbocycles. The number of nitrogens with one attached hydrogen (secondary N) is 2. The van der Waals surface area contributed by atoms with Crippen molar-refractivity contribution in [2.75, 3.05) is 19.6 Å². The first-order valence-electron chi connectivity index (χ1n) is 5.66. The van der Waals surface area contributed by atoms with Crippen molar-refractivity contribution in [1.29, 1.82) is 0 Å². The van der Waals surface area contributed by atoms with Gasteiger partial charge in [-0.1, -0.05) is 0 Å². The molecule has 1 aliphatic rings. The summed E-state index contributed by atoms with van der Waals surface area (Å²) in [6.07, 6.45) is 2.20. The van der Waals surface area contributed by atoms with E-state index < -0.39 is 0 Å². The predicted octanol–water partition coefficient (Wildman–Crippen LogP) is 0.735. The molecule has 0 amide bonds. The zero-order valence-electron chi connectivity index (χ0n) is 9.64. The molecule has 0 spiro atoms. The Morgan fingerprint density at radius 1 is 1.43 bits per heavy atom. The predicted molar refractivity (Wildman–Crippen MR) is 59.4 cm³/mol. The van der Waals surface area contributed by atoms with Gasteiger partial charge in [-0.05, 0) is 59.2 Å². The number of rotatable bonds is 4. The first-order valence-corrected chi connectivity index (χ1v) is 5.66. The van der Waals surface area contributed by atoms with Crippen LogP contribution in [0.3, 0.4) is 0 Å². The highest BCUT2D eigenvalue weighted by Gasteiger charge is 2.24. The van der Waals surface area contributed by atoms with Crippen LogP contribution < -0.4 is 10.6 Å². The van der Waals surface area contributed by atoms with Gasteiger partial charge >= 0.3 is 0 Å². The van der Waals surface area contributed by atoms with Gasteiger partial charge in [0.15, 0.2) is 0 Å². The van der Waals surface area contributed by atoms with E-state index in [0.29, 0.717) is 0 Å². The van der Waals surface area contributed by atoms with Gasteiger partial charge in [-0.15, -0.1) is 0 Å². The standard InChI is InChI=1S/C11H24N2O/c1-9(14)11(2,3)13-8-10-4-6-12-7-5-10/h9-10,12-14H,4-8H2,1-3H3. The molecule has 84 valence electrons. The Hall–Kier alpha value is -0.120. The van der Waals surface area contributed by atoms with Crippen molar-refractivity contribution in [3.8, 4) is 0 Å². The molecule has 1 rings (SSSR count). The smallest absolute Gasteiger partial charge is 0.0688 e. The average molecular weight is 200 g/mol. The highest BCUT2D eigenvalue weighted by atomic mass is 16.3. The van der Waals surface area contributed by atoms with Crippen LogP contribution in [-0.2, 0) is 0 Å². The van der Waals surface area contributed by atoms with Crippen LogP contribution in [-0.4, -0.2) is 36.4 Å². The van der Waals surface area contributed by atoms with Crippen LogP contribution in [0, 0.1) is 5.92 Å². The second-order valence-corrected chi connectivity index (χ2v) is 4.97. The molecule has 14 heavy (non-hydrogen) atoms. The van der Waals surface area contributed by atoms with Crippen LogP contribution in [0.4, 0.5) is 0 Å². The fourth-order valence-electron chi connectivity index (χ4n) is 1.64. The van der Waals surface area contributed by atoms with Crippen LogP contribution in [0.15, 0.2) is 0 Å². The fraction of sp³-hybridized carbons (Fsp3) is 1.00. The molecule has 1 atom stereocenters. The molecule has 3 heteroatoms. The van der Waals surface area contributed by atoms with Crippen molar-refractivity contribution in [3.63, 3.8) is 0 Å². The molecule has 0 aromatic carbocycles. The van der Waals surface area contributed by atoms with Gasteiger partial charge in [-0.25, -0.2) is 0 Å². The molecule has 0 aromatic rings. The minimum atomic E-state index is -0.302. The van der Waals surface area contributed by atoms with Gasteiger partial charge in [0, 0.05) is 5.54 Å². The Balaban J connectivity index is 2.24. The van der Waals surface area contributed by atoms with Gasteiger partial charge < -0.3 is 15.7 Å². The van der Waals surface area contributed by atoms with E-state index in [1.165, 1.54) is 12.8 Å². The zero-order chi connectivity index (χ0) is 10.6. The van der Waals surface area contributed by atoms with Crippen LogP contribution in [0.1, 0.15) is 33.6 Å². The van der Waals surface area contributed by atoms with Crippen molar-refractivity contribution < 1.29 is 5.11 Å². The topological polar surface area (TPSA) is 44.3 Å². The molecule has 3 nitrogen and oxygen atoms in total. The lowest BCUT2D eigenvalue weighted by Gasteiger charge is -2.32. The van der Waals surface area contributed by atoms with Gasteiger partial charge in [0.2, 0.25) is 0 Å². The summed E-state index contributed by atoms with van der Waals surface area (Å²) in [6.45, 7) is 9.26. The van der Waals surface area contributed by atoms with E-state index in [0.717, 1.165) is 25.6 Å². The average Bonchev–Trinajstić information content (AvgIpc) is 2.16. The Bertz CT molecular complexity index is 163. The second-order valence-electron chi connectivity index (χ2n) is 4.97. The van der Waals surface area contributed by atoms with Crippen LogP contribution in [0.2, 0.25) is 0 Å². The first kappa shape index (κ1) is 12.0. The SMILES string of the molecule is CC(O)C(C)(C)NCC1CCNCC1. The molecule has 0 radical (unpaired) electrons. The van der Waals surface area contributed by atoms with Gasteiger partial charge in [0.1, 0.15) is 0 Å². The summed E-state index contributed by atoms with van der Waals surface area (Å²) in [6, 6.07) is 0. The Kier molecular flexibility index (Phi) is 4.35. The highest BCUT2D eigenvalue weighted by Crippen LogP contribution is 2.14. The van der Waals surface area contributed by atoms with Gasteiger partial charge in [0.25, 0.3) is 0 Å². The minimum Gasteiger partial charge on any atom is -0.392 e. The maximum absolute atomic E-state index is 9.53. The third kappa shape index (κ3) is 3.56. The largest absolute Gasteiger partial charge is 0.392 e. The summed E-state index contributed by atoms with van der Waals surface area (Å²) in [7, 11) is 0. The molecule has 1 fully saturated rings. The Labute approximate surface area is 87.3 Å². The number of piperidine rings is 1. The monoisotopic (exact) mass is 200 g/mol. The third-order valence-electron chi connectivity index (χ3n) is 3.35. The minimum absolute atomic E-state index is 0.162. The van der Waals surface area contributed by atoms with E-state index >= 15 is 0 Å². The molecule has 1 unspecified atom stereocenters. The summed E-state index contributed by atoms with van der Waals surface area (Å²) >= 11 is 0. The summed E-state index contributed by atoms with van der Waals surface area (Å²) < 4.78 is 0. The van der Waals surface area contributed by atoms with Crippen molar-refractivity contribution >= 4 is 0 Å². The van der Waals surface area contributed by atoms with E-state index in [-0.39, 0.29) is 11.6 Å². The van der Waals surface area contributed by atoms with Gasteiger partial charge in [-0.3, -0.25) is 0 Å². The number of aliphatic hydroxyl groups is 1. The van der Waals surface area contributed by atoms with E-state index in [4.69, 9.17) is 0 Å². The lowest BCUT2D eigenvalue weighted by Crippen LogP contribution is -2.50. The molecular formula is C11H24N2O. The summed E-state index contributed by atoms with van der Waals surface area (Å²) in [5, 5.41) is 16.3. The van der Waals surface area contributed by atoms with Gasteiger partial charge in [0.05, 0.1) is 6.10 Å². The van der Waals surface area contributed by atoms with Crippen LogP contribution in [0.25, 0.3) is 0 Å². The van der Waals surface area contributed by atoms with E-state index in [2.05, 4.69) is 24.5 Å². The number of hydrogen-bond acceptors (Lipinski definition) is 3. The van der Waals surface area contributed by atoms with E-state index in [1.54, 1.807) is 0 Å². The lowest BCUT2D eigenvalue weighted by molar-refractivity contribution is 0.0921. The molecule has 0 saturated carbocycles. The first-order chi connectivity index (χ1) is 6.52. The summed E-state index contributed by atoms with van der Waals surface area (Å²) in [4.78, 5) is 0. The normalized spacial score (nSPS) is 22.3. The fourth-order valence-corrected chi connectivity index (χ4v) is 1.64. The second kappa shape index (κ2) is 5.10. The van der Waals surface area contributed by atoms with Crippen LogP contribution in [0.5, 0.6) is 0 Å². The summed E-state index contributed by atoms with van der Waals surface area (Å²) in [5.74, 6) is 0.772. The molecule has 1 heterocycles. The maximum atomic E-state index is 9.53. The molecule has 1 saturated heterocycles. The molecule has 1 aliphatic heterocycles.